The highest BCUT2D eigenvalue weighted by atomic mass is 32.2. The third kappa shape index (κ3) is 2.78. The van der Waals surface area contributed by atoms with E-state index in [1.807, 2.05) is 30.0 Å². The quantitative estimate of drug-likeness (QED) is 0.797. The summed E-state index contributed by atoms with van der Waals surface area (Å²) in [5.41, 5.74) is 0.374. The van der Waals surface area contributed by atoms with Gasteiger partial charge in [-0.15, -0.1) is 0 Å². The van der Waals surface area contributed by atoms with Crippen LogP contribution in [0.3, 0.4) is 0 Å². The van der Waals surface area contributed by atoms with Crippen LogP contribution in [0.1, 0.15) is 54.0 Å². The van der Waals surface area contributed by atoms with Gasteiger partial charge in [0.05, 0.1) is 5.03 Å². The number of aromatic hydroxyl groups is 1. The molecule has 1 N–H and O–H groups in total. The van der Waals surface area contributed by atoms with E-state index in [0.29, 0.717) is 0 Å². The summed E-state index contributed by atoms with van der Waals surface area (Å²) in [6, 6.07) is 7.05. The number of carbonyl (C=O) groups excluding carboxylic acids is 1. The number of hydrogen-bond acceptors (Lipinski definition) is 3. The molecule has 1 heterocycles. The highest BCUT2D eigenvalue weighted by molar-refractivity contribution is 8.05. The third-order valence-corrected chi connectivity index (χ3v) is 6.19. The largest absolute Gasteiger partial charge is 0.508 e. The van der Waals surface area contributed by atoms with Crippen molar-refractivity contribution in [1.29, 1.82) is 0 Å². The Bertz CT molecular complexity index is 635. The molecule has 1 aliphatic heterocycles. The second kappa shape index (κ2) is 5.59. The topological polar surface area (TPSA) is 40.5 Å². The van der Waals surface area contributed by atoms with Crippen molar-refractivity contribution in [2.24, 2.45) is 5.41 Å². The van der Waals surface area contributed by atoms with Crippen LogP contribution in [0.4, 0.5) is 0 Å². The molecule has 126 valence electrons. The van der Waals surface area contributed by atoms with E-state index in [1.165, 1.54) is 0 Å². The van der Waals surface area contributed by atoms with Gasteiger partial charge in [0, 0.05) is 5.54 Å². The molecule has 4 heteroatoms. The maximum absolute atomic E-state index is 13.6. The van der Waals surface area contributed by atoms with E-state index >= 15 is 0 Å². The molecule has 23 heavy (non-hydrogen) atoms. The molecule has 1 aromatic rings. The zero-order valence-electron chi connectivity index (χ0n) is 15.1. The van der Waals surface area contributed by atoms with Crippen molar-refractivity contribution in [2.75, 3.05) is 0 Å². The molecule has 1 aromatic carbocycles. The number of phenols is 1. The molecule has 2 rings (SSSR count). The zero-order valence-corrected chi connectivity index (χ0v) is 15.9. The number of amides is 1. The van der Waals surface area contributed by atoms with Gasteiger partial charge in [0.15, 0.2) is 0 Å². The summed E-state index contributed by atoms with van der Waals surface area (Å²) < 4.78 is -0.699. The van der Waals surface area contributed by atoms with Crippen LogP contribution < -0.4 is 0 Å². The number of thioether (sulfide) groups is 1. The lowest BCUT2D eigenvalue weighted by Gasteiger charge is -2.40. The second-order valence-corrected chi connectivity index (χ2v) is 9.25. The highest BCUT2D eigenvalue weighted by Crippen LogP contribution is 2.60. The van der Waals surface area contributed by atoms with E-state index in [2.05, 4.69) is 41.5 Å². The maximum Gasteiger partial charge on any atom is 0.249 e. The van der Waals surface area contributed by atoms with E-state index < -0.39 is 4.75 Å². The van der Waals surface area contributed by atoms with Gasteiger partial charge >= 0.3 is 0 Å². The monoisotopic (exact) mass is 333 g/mol. The van der Waals surface area contributed by atoms with E-state index in [9.17, 15) is 9.90 Å². The first-order chi connectivity index (χ1) is 10.4. The molecular formula is C19H27NO2S. The Balaban J connectivity index is 2.71. The highest BCUT2D eigenvalue weighted by Gasteiger charge is 2.60. The molecule has 1 atom stereocenters. The number of carbonyl (C=O) groups is 1. The van der Waals surface area contributed by atoms with E-state index in [-0.39, 0.29) is 22.6 Å². The molecule has 0 aliphatic carbocycles. The third-order valence-electron chi connectivity index (χ3n) is 4.23. The molecule has 0 aromatic heterocycles. The van der Waals surface area contributed by atoms with E-state index in [0.717, 1.165) is 10.6 Å². The summed E-state index contributed by atoms with van der Waals surface area (Å²) in [7, 11) is 0. The first-order valence-electron chi connectivity index (χ1n) is 7.94. The van der Waals surface area contributed by atoms with Crippen LogP contribution in [-0.2, 0) is 9.54 Å². The number of hydrogen-bond donors (Lipinski definition) is 1. The lowest BCUT2D eigenvalue weighted by atomic mass is 9.74. The first-order valence-corrected chi connectivity index (χ1v) is 8.76. The minimum absolute atomic E-state index is 0.112. The second-order valence-electron chi connectivity index (χ2n) is 8.02. The van der Waals surface area contributed by atoms with Gasteiger partial charge in [-0.2, -0.15) is 0 Å². The molecule has 1 fully saturated rings. The molecule has 0 bridgehead atoms. The SMILES string of the molecule is CC=C1SC(c2ccc(O)cc2)(C(C)(C)C)C(=O)N1C(C)(C)C. The van der Waals surface area contributed by atoms with E-state index in [1.54, 1.807) is 23.9 Å². The van der Waals surface area contributed by atoms with Crippen molar-refractivity contribution in [3.05, 3.63) is 40.9 Å². The van der Waals surface area contributed by atoms with Crippen molar-refractivity contribution in [3.8, 4) is 5.75 Å². The van der Waals surface area contributed by atoms with Crippen molar-refractivity contribution >= 4 is 17.7 Å². The van der Waals surface area contributed by atoms with Gasteiger partial charge < -0.3 is 10.0 Å². The molecule has 1 saturated heterocycles. The van der Waals surface area contributed by atoms with Crippen molar-refractivity contribution in [1.82, 2.24) is 4.90 Å². The Hall–Kier alpha value is -1.42. The first kappa shape index (κ1) is 17.9. The van der Waals surface area contributed by atoms with Crippen molar-refractivity contribution in [2.45, 2.75) is 58.8 Å². The fourth-order valence-electron chi connectivity index (χ4n) is 3.11. The van der Waals surface area contributed by atoms with Crippen molar-refractivity contribution < 1.29 is 9.90 Å². The van der Waals surface area contributed by atoms with Gasteiger partial charge in [-0.25, -0.2) is 0 Å². The number of rotatable bonds is 1. The minimum Gasteiger partial charge on any atom is -0.508 e. The molecular weight excluding hydrogens is 306 g/mol. The van der Waals surface area contributed by atoms with Crippen LogP contribution in [0, 0.1) is 5.41 Å². The van der Waals surface area contributed by atoms with E-state index in [4.69, 9.17) is 0 Å². The average Bonchev–Trinajstić information content (AvgIpc) is 2.73. The number of phenolic OH excluding ortho intramolecular Hbond substituents is 1. The summed E-state index contributed by atoms with van der Waals surface area (Å²) >= 11 is 1.62. The maximum atomic E-state index is 13.6. The Kier molecular flexibility index (Phi) is 4.35. The number of allylic oxidation sites excluding steroid dienone is 1. The molecule has 0 radical (unpaired) electrons. The van der Waals surface area contributed by atoms with Gasteiger partial charge in [0.1, 0.15) is 10.5 Å². The van der Waals surface area contributed by atoms with Crippen LogP contribution in [0.15, 0.2) is 35.4 Å². The molecule has 1 amide bonds. The van der Waals surface area contributed by atoms with Crippen LogP contribution in [0.25, 0.3) is 0 Å². The Morgan fingerprint density at radius 1 is 1.09 bits per heavy atom. The summed E-state index contributed by atoms with van der Waals surface area (Å²) in [4.78, 5) is 15.5. The smallest absolute Gasteiger partial charge is 0.249 e. The molecule has 1 unspecified atom stereocenters. The Morgan fingerprint density at radius 3 is 1.96 bits per heavy atom. The fraction of sp³-hybridized carbons (Fsp3) is 0.526. The van der Waals surface area contributed by atoms with Crippen LogP contribution in [-0.4, -0.2) is 21.5 Å². The van der Waals surface area contributed by atoms with Crippen LogP contribution >= 0.6 is 11.8 Å². The predicted octanol–water partition coefficient (Wildman–Crippen LogP) is 4.87. The van der Waals surface area contributed by atoms with Gasteiger partial charge in [0.2, 0.25) is 5.91 Å². The van der Waals surface area contributed by atoms with Gasteiger partial charge in [-0.1, -0.05) is 50.7 Å². The van der Waals surface area contributed by atoms with Crippen LogP contribution in [0.2, 0.25) is 0 Å². The Morgan fingerprint density at radius 2 is 1.61 bits per heavy atom. The average molecular weight is 333 g/mol. The number of benzene rings is 1. The lowest BCUT2D eigenvalue weighted by molar-refractivity contribution is -0.137. The molecule has 1 aliphatic rings. The van der Waals surface area contributed by atoms with Gasteiger partial charge in [0.25, 0.3) is 0 Å². The lowest BCUT2D eigenvalue weighted by Crippen LogP contribution is -2.50. The summed E-state index contributed by atoms with van der Waals surface area (Å²) in [5.74, 6) is 0.327. The molecule has 3 nitrogen and oxygen atoms in total. The summed E-state index contributed by atoms with van der Waals surface area (Å²) in [6.45, 7) is 14.5. The molecule has 0 saturated carbocycles. The van der Waals surface area contributed by atoms with Crippen molar-refractivity contribution in [3.63, 3.8) is 0 Å². The summed E-state index contributed by atoms with van der Waals surface area (Å²) in [6.07, 6.45) is 2.02. The summed E-state index contributed by atoms with van der Waals surface area (Å²) in [5, 5.41) is 10.6. The number of nitrogens with zero attached hydrogens (tertiary/aromatic N) is 1. The Labute approximate surface area is 143 Å². The fourth-order valence-corrected chi connectivity index (χ4v) is 4.73. The standard InChI is InChI=1S/C19H27NO2S/c1-8-15-20(18(5,6)7)16(22)19(23-15,17(2,3)4)13-9-11-14(21)12-10-13/h8-12,21H,1-7H3. The normalized spacial score (nSPS) is 24.6. The van der Waals surface area contributed by atoms with Crippen LogP contribution in [0.5, 0.6) is 5.75 Å². The van der Waals surface area contributed by atoms with Gasteiger partial charge in [-0.3, -0.25) is 4.79 Å². The zero-order chi connectivity index (χ0) is 17.6. The van der Waals surface area contributed by atoms with Gasteiger partial charge in [-0.05, 0) is 50.8 Å². The minimum atomic E-state index is -0.699. The molecule has 0 spiro atoms. The predicted molar refractivity (Wildman–Crippen MR) is 97.2 cm³/mol.